The van der Waals surface area contributed by atoms with Gasteiger partial charge >= 0.3 is 5.69 Å². The fourth-order valence-corrected chi connectivity index (χ4v) is 5.42. The number of rotatable bonds is 9. The molecule has 3 aromatic heterocycles. The molecule has 1 atom stereocenters. The van der Waals surface area contributed by atoms with Crippen LogP contribution in [0.1, 0.15) is 55.1 Å². The Kier molecular flexibility index (Phi) is 8.53. The van der Waals surface area contributed by atoms with Crippen LogP contribution in [0, 0.1) is 5.92 Å². The Hall–Kier alpha value is -4.32. The molecule has 0 spiro atoms. The van der Waals surface area contributed by atoms with Gasteiger partial charge in [-0.15, -0.1) is 0 Å². The van der Waals surface area contributed by atoms with Crippen molar-refractivity contribution in [1.29, 1.82) is 0 Å². The van der Waals surface area contributed by atoms with Crippen molar-refractivity contribution in [3.63, 3.8) is 0 Å². The lowest BCUT2D eigenvalue weighted by molar-refractivity contribution is -0.124. The summed E-state index contributed by atoms with van der Waals surface area (Å²) >= 11 is 5.89. The fraction of sp³-hybridized carbons (Fsp3) is 0.345. The van der Waals surface area contributed by atoms with Crippen molar-refractivity contribution in [1.82, 2.24) is 24.4 Å². The first-order valence-corrected chi connectivity index (χ1v) is 13.9. The molecule has 4 aromatic rings. The summed E-state index contributed by atoms with van der Waals surface area (Å²) in [6, 6.07) is 11.7. The second kappa shape index (κ2) is 12.3. The van der Waals surface area contributed by atoms with Gasteiger partial charge < -0.3 is 15.8 Å². The van der Waals surface area contributed by atoms with Gasteiger partial charge in [0.1, 0.15) is 5.69 Å². The molecule has 0 radical (unpaired) electrons. The second-order valence-corrected chi connectivity index (χ2v) is 10.7. The van der Waals surface area contributed by atoms with E-state index in [0.717, 1.165) is 30.1 Å². The molecule has 0 saturated heterocycles. The maximum atomic E-state index is 13.7. The summed E-state index contributed by atoms with van der Waals surface area (Å²) in [4.78, 5) is 45.6. The van der Waals surface area contributed by atoms with E-state index in [9.17, 15) is 23.2 Å². The number of benzene rings is 1. The summed E-state index contributed by atoms with van der Waals surface area (Å²) in [6.45, 7) is 2.00. The summed E-state index contributed by atoms with van der Waals surface area (Å²) in [6.07, 6.45) is 1.59. The topological polar surface area (TPSA) is 134 Å². The Morgan fingerprint density at radius 1 is 1.10 bits per heavy atom. The van der Waals surface area contributed by atoms with Crippen molar-refractivity contribution in [2.24, 2.45) is 11.7 Å². The van der Waals surface area contributed by atoms with E-state index in [4.69, 9.17) is 22.1 Å². The van der Waals surface area contributed by atoms with E-state index in [1.807, 2.05) is 24.3 Å². The molecular formula is C29H29ClF2N6O4. The number of amides is 2. The van der Waals surface area contributed by atoms with E-state index in [1.165, 1.54) is 19.2 Å². The number of nitrogens with two attached hydrogens (primary N) is 1. The van der Waals surface area contributed by atoms with Crippen LogP contribution in [0.2, 0.25) is 5.02 Å². The van der Waals surface area contributed by atoms with Crippen LogP contribution in [0.3, 0.4) is 0 Å². The van der Waals surface area contributed by atoms with Gasteiger partial charge in [-0.05, 0) is 62.8 Å². The highest BCUT2D eigenvalue weighted by Crippen LogP contribution is 2.29. The number of alkyl halides is 2. The van der Waals surface area contributed by atoms with Crippen LogP contribution in [-0.2, 0) is 11.3 Å². The standard InChI is InChI=1S/C29H29ClF2N6O4/c1-16(27(33)39)42-24-11-10-20(14-34-24)38-23-5-3-2-4-22(23)37(29(38)41)15-17-6-8-19(9-7-17)36-28(40)21-12-18(30)13-35-25(21)26(31)32/h2-5,10-14,16-17,19,26H,6-9,15H2,1H3,(H2,33,39)(H,36,40)/t16-,17-,19-/m1/s1. The second-order valence-electron chi connectivity index (χ2n) is 10.3. The zero-order valence-corrected chi connectivity index (χ0v) is 23.4. The molecule has 0 aliphatic heterocycles. The van der Waals surface area contributed by atoms with Gasteiger partial charge in [0.25, 0.3) is 18.2 Å². The minimum Gasteiger partial charge on any atom is -0.465 e. The first-order valence-electron chi connectivity index (χ1n) is 13.5. The molecule has 1 fully saturated rings. The van der Waals surface area contributed by atoms with Gasteiger partial charge in [0.15, 0.2) is 6.10 Å². The van der Waals surface area contributed by atoms with Crippen molar-refractivity contribution in [3.8, 4) is 11.6 Å². The van der Waals surface area contributed by atoms with Gasteiger partial charge in [-0.3, -0.25) is 23.7 Å². The molecule has 3 N–H and O–H groups in total. The SMILES string of the molecule is C[C@@H](Oc1ccc(-n2c(=O)n(C[C@H]3CC[C@H](NC(=O)c4cc(Cl)cnc4C(F)F)CC3)c3ccccc32)cn1)C(N)=O. The van der Waals surface area contributed by atoms with Crippen LogP contribution in [0.15, 0.2) is 59.7 Å². The Bertz CT molecular complexity index is 1670. The number of nitrogens with one attached hydrogen (secondary N) is 1. The molecule has 1 aromatic carbocycles. The van der Waals surface area contributed by atoms with Gasteiger partial charge in [-0.1, -0.05) is 23.7 Å². The molecule has 1 aliphatic carbocycles. The molecule has 10 nitrogen and oxygen atoms in total. The Morgan fingerprint density at radius 2 is 1.81 bits per heavy atom. The van der Waals surface area contributed by atoms with Crippen LogP contribution in [0.5, 0.6) is 5.88 Å². The third-order valence-electron chi connectivity index (χ3n) is 7.47. The number of pyridine rings is 2. The maximum Gasteiger partial charge on any atom is 0.333 e. The van der Waals surface area contributed by atoms with Gasteiger partial charge in [-0.2, -0.15) is 0 Å². The number of ether oxygens (including phenoxy) is 1. The summed E-state index contributed by atoms with van der Waals surface area (Å²) < 4.78 is 35.5. The number of halogens is 3. The van der Waals surface area contributed by atoms with Crippen LogP contribution in [0.25, 0.3) is 16.7 Å². The first kappa shape index (κ1) is 29.2. The highest BCUT2D eigenvalue weighted by molar-refractivity contribution is 6.30. The van der Waals surface area contributed by atoms with Crippen LogP contribution >= 0.6 is 11.6 Å². The third-order valence-corrected chi connectivity index (χ3v) is 7.68. The average molecular weight is 599 g/mol. The predicted molar refractivity (Wildman–Crippen MR) is 152 cm³/mol. The normalized spacial score (nSPS) is 17.7. The van der Waals surface area contributed by atoms with Crippen LogP contribution in [0.4, 0.5) is 8.78 Å². The molecule has 42 heavy (non-hydrogen) atoms. The van der Waals surface area contributed by atoms with Crippen LogP contribution in [-0.4, -0.2) is 43.1 Å². The van der Waals surface area contributed by atoms with Crippen molar-refractivity contribution in [2.45, 2.75) is 57.7 Å². The van der Waals surface area contributed by atoms with E-state index in [-0.39, 0.29) is 34.1 Å². The number of hydrogen-bond acceptors (Lipinski definition) is 6. The molecule has 5 rings (SSSR count). The summed E-state index contributed by atoms with van der Waals surface area (Å²) in [5.41, 5.74) is 6.23. The molecular weight excluding hydrogens is 570 g/mol. The minimum atomic E-state index is -2.90. The van der Waals surface area contributed by atoms with E-state index in [2.05, 4.69) is 15.3 Å². The van der Waals surface area contributed by atoms with Gasteiger partial charge in [-0.25, -0.2) is 18.6 Å². The maximum absolute atomic E-state index is 13.7. The summed E-state index contributed by atoms with van der Waals surface area (Å²) in [5, 5.41) is 2.95. The van der Waals surface area contributed by atoms with E-state index in [1.54, 1.807) is 21.3 Å². The van der Waals surface area contributed by atoms with Gasteiger partial charge in [0.2, 0.25) is 5.88 Å². The largest absolute Gasteiger partial charge is 0.465 e. The quantitative estimate of drug-likeness (QED) is 0.293. The molecule has 220 valence electrons. The number of primary amides is 1. The number of carbonyl (C=O) groups is 2. The van der Waals surface area contributed by atoms with E-state index < -0.39 is 30.0 Å². The zero-order valence-electron chi connectivity index (χ0n) is 22.7. The number of aromatic nitrogens is 4. The Labute approximate surface area is 244 Å². The molecule has 1 saturated carbocycles. The third kappa shape index (κ3) is 6.13. The number of hydrogen-bond donors (Lipinski definition) is 2. The van der Waals surface area contributed by atoms with Crippen molar-refractivity contribution >= 4 is 34.4 Å². The zero-order chi connectivity index (χ0) is 30.0. The van der Waals surface area contributed by atoms with Gasteiger partial charge in [0, 0.05) is 24.8 Å². The van der Waals surface area contributed by atoms with E-state index >= 15 is 0 Å². The molecule has 1 aliphatic rings. The molecule has 3 heterocycles. The first-order chi connectivity index (χ1) is 20.1. The smallest absolute Gasteiger partial charge is 0.333 e. The predicted octanol–water partition coefficient (Wildman–Crippen LogP) is 4.41. The van der Waals surface area contributed by atoms with Crippen LogP contribution < -0.4 is 21.5 Å². The number of imidazole rings is 1. The summed E-state index contributed by atoms with van der Waals surface area (Å²) in [5.74, 6) is -0.862. The average Bonchev–Trinajstić information content (AvgIpc) is 3.25. The number of carbonyl (C=O) groups excluding carboxylic acids is 2. The highest BCUT2D eigenvalue weighted by atomic mass is 35.5. The fourth-order valence-electron chi connectivity index (χ4n) is 5.26. The Balaban J connectivity index is 1.29. The number of nitrogens with zero attached hydrogens (tertiary/aromatic N) is 4. The number of fused-ring (bicyclic) bond motifs is 1. The molecule has 0 bridgehead atoms. The minimum absolute atomic E-state index is 0.107. The lowest BCUT2D eigenvalue weighted by Crippen LogP contribution is -2.39. The Morgan fingerprint density at radius 3 is 2.45 bits per heavy atom. The molecule has 2 amide bonds. The summed E-state index contributed by atoms with van der Waals surface area (Å²) in [7, 11) is 0. The monoisotopic (exact) mass is 598 g/mol. The highest BCUT2D eigenvalue weighted by Gasteiger charge is 2.27. The van der Waals surface area contributed by atoms with Crippen molar-refractivity contribution in [2.75, 3.05) is 0 Å². The molecule has 0 unspecified atom stereocenters. The van der Waals surface area contributed by atoms with Crippen molar-refractivity contribution < 1.29 is 23.1 Å². The van der Waals surface area contributed by atoms with Gasteiger partial charge in [0.05, 0.1) is 33.5 Å². The van der Waals surface area contributed by atoms with Crippen molar-refractivity contribution in [3.05, 3.63) is 81.6 Å². The number of para-hydroxylation sites is 2. The van der Waals surface area contributed by atoms with E-state index in [0.29, 0.717) is 25.1 Å². The molecule has 13 heteroatoms. The lowest BCUT2D eigenvalue weighted by Gasteiger charge is -2.29. The lowest BCUT2D eigenvalue weighted by atomic mass is 9.85.